The van der Waals surface area contributed by atoms with Crippen molar-refractivity contribution in [2.24, 2.45) is 5.92 Å². The van der Waals surface area contributed by atoms with Crippen LogP contribution < -0.4 is 0 Å². The average molecular weight is 199 g/mol. The molecule has 0 aliphatic carbocycles. The molecule has 1 saturated heterocycles. The Morgan fingerprint density at radius 2 is 1.93 bits per heavy atom. The van der Waals surface area contributed by atoms with Crippen LogP contribution in [-0.4, -0.2) is 37.7 Å². The molecule has 0 N–H and O–H groups in total. The van der Waals surface area contributed by atoms with Crippen molar-refractivity contribution in [1.29, 1.82) is 0 Å². The maximum Gasteiger partial charge on any atom is 0.0586 e. The number of hydrogen-bond donors (Lipinski definition) is 0. The first-order valence-corrected chi connectivity index (χ1v) is 6.05. The molecule has 0 bridgehead atoms. The highest BCUT2D eigenvalue weighted by molar-refractivity contribution is 4.73. The molecule has 1 heterocycles. The normalized spacial score (nSPS) is 31.1. The molecule has 1 aliphatic heterocycles. The first-order valence-electron chi connectivity index (χ1n) is 6.05. The van der Waals surface area contributed by atoms with Gasteiger partial charge in [0.25, 0.3) is 0 Å². The number of hydrogen-bond acceptors (Lipinski definition) is 2. The van der Waals surface area contributed by atoms with Gasteiger partial charge in [0, 0.05) is 13.7 Å². The topological polar surface area (TPSA) is 12.5 Å². The molecule has 0 aromatic carbocycles. The molecule has 2 heteroatoms. The van der Waals surface area contributed by atoms with Crippen molar-refractivity contribution in [3.8, 4) is 0 Å². The van der Waals surface area contributed by atoms with Gasteiger partial charge in [-0.1, -0.05) is 20.3 Å². The maximum absolute atomic E-state index is 5.52. The molecule has 1 rings (SSSR count). The fourth-order valence-corrected chi connectivity index (χ4v) is 2.31. The van der Waals surface area contributed by atoms with Crippen molar-refractivity contribution in [3.63, 3.8) is 0 Å². The Morgan fingerprint density at radius 1 is 1.21 bits per heavy atom. The fraction of sp³-hybridized carbons (Fsp3) is 1.00. The van der Waals surface area contributed by atoms with Gasteiger partial charge in [0.2, 0.25) is 0 Å². The summed E-state index contributed by atoms with van der Waals surface area (Å²) >= 11 is 0. The Kier molecular flexibility index (Phi) is 5.49. The Balaban J connectivity index is 2.45. The number of ether oxygens (including phenoxy) is 1. The largest absolute Gasteiger partial charge is 0.381 e. The van der Waals surface area contributed by atoms with Crippen molar-refractivity contribution in [1.82, 2.24) is 4.90 Å². The summed E-state index contributed by atoms with van der Waals surface area (Å²) in [6, 6.07) is 0. The number of nitrogens with zero attached hydrogens (tertiary/aromatic N) is 1. The second-order valence-corrected chi connectivity index (χ2v) is 4.38. The quantitative estimate of drug-likeness (QED) is 0.692. The molecule has 0 aromatic heterocycles. The van der Waals surface area contributed by atoms with Crippen LogP contribution in [0.5, 0.6) is 0 Å². The van der Waals surface area contributed by atoms with E-state index in [1.807, 2.05) is 7.11 Å². The van der Waals surface area contributed by atoms with Crippen LogP contribution in [0.2, 0.25) is 0 Å². The van der Waals surface area contributed by atoms with Crippen LogP contribution in [0, 0.1) is 5.92 Å². The summed E-state index contributed by atoms with van der Waals surface area (Å²) in [5.74, 6) is 0.870. The predicted molar refractivity (Wildman–Crippen MR) is 60.5 cm³/mol. The van der Waals surface area contributed by atoms with E-state index in [1.54, 1.807) is 0 Å². The second kappa shape index (κ2) is 6.41. The highest BCUT2D eigenvalue weighted by Crippen LogP contribution is 2.22. The standard InChI is InChI=1S/C12H25NO/c1-4-11-6-8-13(5-2)9-7-12(10-11)14-3/h11-12H,4-10H2,1-3H3. The smallest absolute Gasteiger partial charge is 0.0586 e. The van der Waals surface area contributed by atoms with Crippen LogP contribution in [0.4, 0.5) is 0 Å². The molecule has 0 spiro atoms. The molecule has 84 valence electrons. The van der Waals surface area contributed by atoms with Crippen LogP contribution >= 0.6 is 0 Å². The van der Waals surface area contributed by atoms with Gasteiger partial charge in [-0.3, -0.25) is 0 Å². The zero-order chi connectivity index (χ0) is 10.4. The van der Waals surface area contributed by atoms with E-state index in [2.05, 4.69) is 18.7 Å². The van der Waals surface area contributed by atoms with E-state index in [0.717, 1.165) is 5.92 Å². The van der Waals surface area contributed by atoms with Gasteiger partial charge in [0.15, 0.2) is 0 Å². The summed E-state index contributed by atoms with van der Waals surface area (Å²) < 4.78 is 5.52. The zero-order valence-corrected chi connectivity index (χ0v) is 9.96. The first kappa shape index (κ1) is 12.0. The van der Waals surface area contributed by atoms with Crippen LogP contribution in [0.25, 0.3) is 0 Å². The molecule has 0 radical (unpaired) electrons. The third-order valence-corrected chi connectivity index (χ3v) is 3.58. The summed E-state index contributed by atoms with van der Waals surface area (Å²) in [4.78, 5) is 2.55. The molecule has 1 aliphatic rings. The Hall–Kier alpha value is -0.0800. The minimum absolute atomic E-state index is 0.495. The van der Waals surface area contributed by atoms with E-state index in [9.17, 15) is 0 Å². The minimum Gasteiger partial charge on any atom is -0.381 e. The van der Waals surface area contributed by atoms with Crippen molar-refractivity contribution < 1.29 is 4.74 Å². The Morgan fingerprint density at radius 3 is 2.50 bits per heavy atom. The van der Waals surface area contributed by atoms with Crippen molar-refractivity contribution >= 4 is 0 Å². The molecule has 14 heavy (non-hydrogen) atoms. The lowest BCUT2D eigenvalue weighted by Gasteiger charge is -2.30. The number of methoxy groups -OCH3 is 1. The van der Waals surface area contributed by atoms with E-state index in [0.29, 0.717) is 6.10 Å². The predicted octanol–water partition coefficient (Wildman–Crippen LogP) is 2.53. The van der Waals surface area contributed by atoms with E-state index >= 15 is 0 Å². The Bertz CT molecular complexity index is 135. The van der Waals surface area contributed by atoms with Gasteiger partial charge in [0.05, 0.1) is 6.10 Å². The second-order valence-electron chi connectivity index (χ2n) is 4.38. The van der Waals surface area contributed by atoms with Crippen molar-refractivity contribution in [3.05, 3.63) is 0 Å². The summed E-state index contributed by atoms with van der Waals surface area (Å²) in [6.07, 6.45) is 5.63. The van der Waals surface area contributed by atoms with Gasteiger partial charge < -0.3 is 9.64 Å². The van der Waals surface area contributed by atoms with Gasteiger partial charge >= 0.3 is 0 Å². The lowest BCUT2D eigenvalue weighted by atomic mass is 9.92. The number of rotatable bonds is 3. The summed E-state index contributed by atoms with van der Waals surface area (Å²) in [7, 11) is 1.86. The SMILES string of the molecule is CCC1CCN(CC)CCC(OC)C1. The molecule has 1 fully saturated rings. The van der Waals surface area contributed by atoms with Gasteiger partial charge in [-0.15, -0.1) is 0 Å². The van der Waals surface area contributed by atoms with Gasteiger partial charge in [-0.25, -0.2) is 0 Å². The minimum atomic E-state index is 0.495. The van der Waals surface area contributed by atoms with Gasteiger partial charge in [0.1, 0.15) is 0 Å². The van der Waals surface area contributed by atoms with Crippen LogP contribution in [0.3, 0.4) is 0 Å². The fourth-order valence-electron chi connectivity index (χ4n) is 2.31. The molecule has 2 atom stereocenters. The van der Waals surface area contributed by atoms with E-state index in [4.69, 9.17) is 4.74 Å². The average Bonchev–Trinajstić information content (AvgIpc) is 2.19. The molecule has 2 unspecified atom stereocenters. The van der Waals surface area contributed by atoms with Crippen molar-refractivity contribution in [2.75, 3.05) is 26.7 Å². The maximum atomic E-state index is 5.52. The third-order valence-electron chi connectivity index (χ3n) is 3.58. The Labute approximate surface area is 88.6 Å². The molecular formula is C12H25NO. The molecule has 2 nitrogen and oxygen atoms in total. The molecule has 0 saturated carbocycles. The molecular weight excluding hydrogens is 174 g/mol. The third kappa shape index (κ3) is 3.58. The van der Waals surface area contributed by atoms with Gasteiger partial charge in [-0.05, 0) is 38.3 Å². The summed E-state index contributed by atoms with van der Waals surface area (Å²) in [5.41, 5.74) is 0. The van der Waals surface area contributed by atoms with Crippen LogP contribution in [-0.2, 0) is 4.74 Å². The highest BCUT2D eigenvalue weighted by atomic mass is 16.5. The van der Waals surface area contributed by atoms with Crippen LogP contribution in [0.1, 0.15) is 39.5 Å². The molecule has 0 aromatic rings. The molecule has 0 amide bonds. The van der Waals surface area contributed by atoms with E-state index < -0.39 is 0 Å². The van der Waals surface area contributed by atoms with Crippen molar-refractivity contribution in [2.45, 2.75) is 45.6 Å². The highest BCUT2D eigenvalue weighted by Gasteiger charge is 2.19. The lowest BCUT2D eigenvalue weighted by molar-refractivity contribution is 0.0484. The van der Waals surface area contributed by atoms with E-state index in [-0.39, 0.29) is 0 Å². The first-order chi connectivity index (χ1) is 6.80. The lowest BCUT2D eigenvalue weighted by Crippen LogP contribution is -2.33. The number of likely N-dealkylation sites (tertiary alicyclic amines) is 1. The zero-order valence-electron chi connectivity index (χ0n) is 9.96. The van der Waals surface area contributed by atoms with Gasteiger partial charge in [-0.2, -0.15) is 0 Å². The summed E-state index contributed by atoms with van der Waals surface area (Å²) in [5, 5.41) is 0. The van der Waals surface area contributed by atoms with E-state index in [1.165, 1.54) is 45.3 Å². The summed E-state index contributed by atoms with van der Waals surface area (Å²) in [6.45, 7) is 8.24. The monoisotopic (exact) mass is 199 g/mol. The van der Waals surface area contributed by atoms with Crippen LogP contribution in [0.15, 0.2) is 0 Å².